The molecular formula is C15H28N2O4. The van der Waals surface area contributed by atoms with E-state index in [1.165, 1.54) is 0 Å². The zero-order valence-corrected chi connectivity index (χ0v) is 13.5. The first kappa shape index (κ1) is 17.8. The predicted octanol–water partition coefficient (Wildman–Crippen LogP) is 1.52. The molecule has 2 amide bonds. The smallest absolute Gasteiger partial charge is 0.410 e. The monoisotopic (exact) mass is 300 g/mol. The van der Waals surface area contributed by atoms with Gasteiger partial charge < -0.3 is 20.1 Å². The highest BCUT2D eigenvalue weighted by Crippen LogP contribution is 2.19. The van der Waals surface area contributed by atoms with E-state index in [-0.39, 0.29) is 30.6 Å². The summed E-state index contributed by atoms with van der Waals surface area (Å²) in [5, 5.41) is 12.0. The minimum atomic E-state index is -0.531. The lowest BCUT2D eigenvalue weighted by Gasteiger charge is -2.34. The number of rotatable bonds is 4. The van der Waals surface area contributed by atoms with Gasteiger partial charge in [-0.3, -0.25) is 4.79 Å². The molecule has 0 aromatic carbocycles. The molecule has 0 spiro atoms. The summed E-state index contributed by atoms with van der Waals surface area (Å²) in [6, 6.07) is -0.214. The quantitative estimate of drug-likeness (QED) is 0.825. The Labute approximate surface area is 126 Å². The summed E-state index contributed by atoms with van der Waals surface area (Å²) in [7, 11) is 0. The summed E-state index contributed by atoms with van der Waals surface area (Å²) in [5.41, 5.74) is -0.531. The van der Waals surface area contributed by atoms with Gasteiger partial charge in [0.25, 0.3) is 0 Å². The van der Waals surface area contributed by atoms with Gasteiger partial charge in [-0.15, -0.1) is 0 Å². The number of piperidine rings is 1. The molecule has 2 unspecified atom stereocenters. The minimum absolute atomic E-state index is 0.0647. The Morgan fingerprint density at radius 3 is 2.62 bits per heavy atom. The number of hydrogen-bond acceptors (Lipinski definition) is 4. The van der Waals surface area contributed by atoms with E-state index in [2.05, 4.69) is 5.32 Å². The maximum absolute atomic E-state index is 12.2. The number of carbonyl (C=O) groups excluding carboxylic acids is 2. The molecule has 0 aliphatic carbocycles. The molecule has 0 aromatic heterocycles. The second-order valence-corrected chi connectivity index (χ2v) is 6.56. The Balaban J connectivity index is 2.55. The number of aliphatic hydroxyl groups excluding tert-OH is 1. The second kappa shape index (κ2) is 7.64. The van der Waals surface area contributed by atoms with Crippen LogP contribution in [0.4, 0.5) is 4.79 Å². The number of carbonyl (C=O) groups is 2. The van der Waals surface area contributed by atoms with Gasteiger partial charge in [0, 0.05) is 13.1 Å². The van der Waals surface area contributed by atoms with Crippen molar-refractivity contribution >= 4 is 12.0 Å². The van der Waals surface area contributed by atoms with Gasteiger partial charge in [0.05, 0.1) is 18.6 Å². The largest absolute Gasteiger partial charge is 0.444 e. The van der Waals surface area contributed by atoms with Crippen molar-refractivity contribution in [3.05, 3.63) is 0 Å². The van der Waals surface area contributed by atoms with Gasteiger partial charge in [0.1, 0.15) is 5.60 Å². The van der Waals surface area contributed by atoms with Crippen LogP contribution in [0.5, 0.6) is 0 Å². The van der Waals surface area contributed by atoms with Gasteiger partial charge >= 0.3 is 6.09 Å². The van der Waals surface area contributed by atoms with Gasteiger partial charge in [-0.05, 0) is 40.0 Å². The molecule has 1 saturated heterocycles. The number of hydrogen-bond donors (Lipinski definition) is 2. The predicted molar refractivity (Wildman–Crippen MR) is 79.8 cm³/mol. The van der Waals surface area contributed by atoms with E-state index in [4.69, 9.17) is 9.84 Å². The van der Waals surface area contributed by atoms with Crippen LogP contribution in [0.2, 0.25) is 0 Å². The van der Waals surface area contributed by atoms with Crippen molar-refractivity contribution in [3.8, 4) is 0 Å². The second-order valence-electron chi connectivity index (χ2n) is 6.56. The Bertz CT molecular complexity index is 361. The summed E-state index contributed by atoms with van der Waals surface area (Å²) in [4.78, 5) is 25.8. The van der Waals surface area contributed by atoms with Crippen molar-refractivity contribution in [1.82, 2.24) is 10.2 Å². The number of aliphatic hydroxyl groups is 1. The Kier molecular flexibility index (Phi) is 6.45. The lowest BCUT2D eigenvalue weighted by atomic mass is 9.97. The molecule has 1 aliphatic heterocycles. The third-order valence-electron chi connectivity index (χ3n) is 3.50. The highest BCUT2D eigenvalue weighted by Gasteiger charge is 2.31. The van der Waals surface area contributed by atoms with Gasteiger partial charge in [-0.25, -0.2) is 4.79 Å². The van der Waals surface area contributed by atoms with E-state index in [9.17, 15) is 9.59 Å². The molecule has 2 N–H and O–H groups in total. The van der Waals surface area contributed by atoms with E-state index in [1.54, 1.807) is 4.90 Å². The Hall–Kier alpha value is -1.30. The number of likely N-dealkylation sites (tertiary alicyclic amines) is 1. The number of nitrogens with one attached hydrogen (secondary N) is 1. The summed E-state index contributed by atoms with van der Waals surface area (Å²) in [5.74, 6) is -0.323. The standard InChI is InChI=1S/C15H28N2O4/c1-5-12(10-18)16-13(19)11-7-6-8-17(9-11)14(20)21-15(2,3)4/h11-12,18H,5-10H2,1-4H3,(H,16,19). The highest BCUT2D eigenvalue weighted by molar-refractivity contribution is 5.80. The van der Waals surface area contributed by atoms with Crippen LogP contribution in [0.3, 0.4) is 0 Å². The zero-order chi connectivity index (χ0) is 16.0. The number of amides is 2. The van der Waals surface area contributed by atoms with Crippen LogP contribution < -0.4 is 5.32 Å². The van der Waals surface area contributed by atoms with Crippen LogP contribution in [0.25, 0.3) is 0 Å². The first-order chi connectivity index (χ1) is 9.76. The van der Waals surface area contributed by atoms with Crippen molar-refractivity contribution in [1.29, 1.82) is 0 Å². The molecule has 1 fully saturated rings. The molecule has 6 heteroatoms. The van der Waals surface area contributed by atoms with E-state index in [0.717, 1.165) is 12.8 Å². The Morgan fingerprint density at radius 1 is 1.43 bits per heavy atom. The van der Waals surface area contributed by atoms with E-state index >= 15 is 0 Å². The molecule has 0 radical (unpaired) electrons. The van der Waals surface area contributed by atoms with Gasteiger partial charge in [-0.2, -0.15) is 0 Å². The van der Waals surface area contributed by atoms with E-state index < -0.39 is 5.60 Å². The number of nitrogens with zero attached hydrogens (tertiary/aromatic N) is 1. The van der Waals surface area contributed by atoms with Crippen LogP contribution in [-0.4, -0.2) is 53.3 Å². The third-order valence-corrected chi connectivity index (χ3v) is 3.50. The topological polar surface area (TPSA) is 78.9 Å². The fourth-order valence-corrected chi connectivity index (χ4v) is 2.28. The highest BCUT2D eigenvalue weighted by atomic mass is 16.6. The lowest BCUT2D eigenvalue weighted by Crippen LogP contribution is -2.49. The molecule has 1 heterocycles. The molecule has 0 bridgehead atoms. The first-order valence-electron chi connectivity index (χ1n) is 7.66. The maximum Gasteiger partial charge on any atom is 0.410 e. The number of ether oxygens (including phenoxy) is 1. The zero-order valence-electron chi connectivity index (χ0n) is 13.5. The molecule has 21 heavy (non-hydrogen) atoms. The molecular weight excluding hydrogens is 272 g/mol. The van der Waals surface area contributed by atoms with Gasteiger partial charge in [-0.1, -0.05) is 6.92 Å². The molecule has 1 rings (SSSR count). The van der Waals surface area contributed by atoms with Crippen LogP contribution in [0, 0.1) is 5.92 Å². The van der Waals surface area contributed by atoms with Crippen molar-refractivity contribution in [2.75, 3.05) is 19.7 Å². The summed E-state index contributed by atoms with van der Waals surface area (Å²) in [6.07, 6.45) is 1.86. The Morgan fingerprint density at radius 2 is 2.10 bits per heavy atom. The van der Waals surface area contributed by atoms with Crippen LogP contribution in [0.1, 0.15) is 47.0 Å². The normalized spacial score (nSPS) is 20.8. The molecule has 0 aromatic rings. The molecule has 6 nitrogen and oxygen atoms in total. The fourth-order valence-electron chi connectivity index (χ4n) is 2.28. The van der Waals surface area contributed by atoms with E-state index in [1.807, 2.05) is 27.7 Å². The summed E-state index contributed by atoms with van der Waals surface area (Å²) >= 11 is 0. The minimum Gasteiger partial charge on any atom is -0.444 e. The van der Waals surface area contributed by atoms with Gasteiger partial charge in [0.15, 0.2) is 0 Å². The lowest BCUT2D eigenvalue weighted by molar-refractivity contribution is -0.127. The molecule has 122 valence electrons. The average molecular weight is 300 g/mol. The first-order valence-corrected chi connectivity index (χ1v) is 7.66. The third kappa shape index (κ3) is 5.91. The molecule has 1 aliphatic rings. The van der Waals surface area contributed by atoms with Gasteiger partial charge in [0.2, 0.25) is 5.91 Å². The SMILES string of the molecule is CCC(CO)NC(=O)C1CCCN(C(=O)OC(C)(C)C)C1. The van der Waals surface area contributed by atoms with Crippen molar-refractivity contribution in [2.24, 2.45) is 5.92 Å². The van der Waals surface area contributed by atoms with Crippen LogP contribution >= 0.6 is 0 Å². The maximum atomic E-state index is 12.2. The van der Waals surface area contributed by atoms with E-state index in [0.29, 0.717) is 19.5 Å². The fraction of sp³-hybridized carbons (Fsp3) is 0.867. The van der Waals surface area contributed by atoms with Crippen LogP contribution in [-0.2, 0) is 9.53 Å². The summed E-state index contributed by atoms with van der Waals surface area (Å²) in [6.45, 7) is 8.32. The molecule has 2 atom stereocenters. The molecule has 0 saturated carbocycles. The van der Waals surface area contributed by atoms with Crippen molar-refractivity contribution in [3.63, 3.8) is 0 Å². The van der Waals surface area contributed by atoms with Crippen LogP contribution in [0.15, 0.2) is 0 Å². The van der Waals surface area contributed by atoms with Crippen molar-refractivity contribution in [2.45, 2.75) is 58.6 Å². The average Bonchev–Trinajstić information content (AvgIpc) is 2.42. The summed E-state index contributed by atoms with van der Waals surface area (Å²) < 4.78 is 5.34. The van der Waals surface area contributed by atoms with Crippen molar-refractivity contribution < 1.29 is 19.4 Å².